The van der Waals surface area contributed by atoms with Crippen molar-refractivity contribution in [2.24, 2.45) is 0 Å². The minimum absolute atomic E-state index is 0. The van der Waals surface area contributed by atoms with Crippen LogP contribution >= 0.6 is 11.3 Å². The van der Waals surface area contributed by atoms with Crippen LogP contribution < -0.4 is 17.7 Å². The van der Waals surface area contributed by atoms with Crippen LogP contribution in [0, 0.1) is 6.92 Å². The number of rotatable bonds is 4. The average Bonchev–Trinajstić information content (AvgIpc) is 2.37. The van der Waals surface area contributed by atoms with Gasteiger partial charge in [0.25, 0.3) is 0 Å². The molecule has 0 atom stereocenters. The van der Waals surface area contributed by atoms with Gasteiger partial charge in [0, 0.05) is 22.8 Å². The lowest BCUT2D eigenvalue weighted by Gasteiger charge is -1.97. The third-order valence-electron chi connectivity index (χ3n) is 1.38. The smallest absolute Gasteiger partial charge is 0.0556 e. The van der Waals surface area contributed by atoms with Crippen molar-refractivity contribution in [3.8, 4) is 0 Å². The van der Waals surface area contributed by atoms with Crippen LogP contribution in [0.25, 0.3) is 0 Å². The topological polar surface area (TPSA) is 32.3 Å². The maximum atomic E-state index is 8.49. The van der Waals surface area contributed by atoms with Gasteiger partial charge in [0.2, 0.25) is 0 Å². The first-order valence-electron chi connectivity index (χ1n) is 3.70. The summed E-state index contributed by atoms with van der Waals surface area (Å²) in [4.78, 5) is 2.67. The van der Waals surface area contributed by atoms with Gasteiger partial charge >= 0.3 is 0 Å². The monoisotopic (exact) mass is 206 g/mol. The van der Waals surface area contributed by atoms with Crippen LogP contribution in [0.3, 0.4) is 0 Å². The normalized spacial score (nSPS) is 9.50. The molecule has 1 heterocycles. The lowest BCUT2D eigenvalue weighted by atomic mass is 10.4. The first-order chi connectivity index (χ1) is 5.33. The summed E-state index contributed by atoms with van der Waals surface area (Å²) < 4.78 is 0. The Hall–Kier alpha value is -0.0900. The van der Waals surface area contributed by atoms with Gasteiger partial charge in [-0.05, 0) is 19.1 Å². The van der Waals surface area contributed by atoms with Crippen molar-refractivity contribution in [3.63, 3.8) is 0 Å². The first-order valence-corrected chi connectivity index (χ1v) is 4.51. The Balaban J connectivity index is 0.00000121. The molecule has 0 aliphatic rings. The second kappa shape index (κ2) is 6.43. The van der Waals surface area contributed by atoms with Crippen molar-refractivity contribution in [2.45, 2.75) is 13.5 Å². The first kappa shape index (κ1) is 11.9. The molecule has 0 aliphatic heterocycles. The summed E-state index contributed by atoms with van der Waals surface area (Å²) in [5.74, 6) is 0. The molecule has 0 saturated carbocycles. The van der Waals surface area contributed by atoms with Gasteiger partial charge in [-0.1, -0.05) is 0 Å². The van der Waals surface area contributed by atoms with E-state index in [1.54, 1.807) is 11.3 Å². The van der Waals surface area contributed by atoms with Crippen LogP contribution in [0.4, 0.5) is 0 Å². The number of hydrogen-bond acceptors (Lipinski definition) is 3. The molecular weight excluding hydrogens is 194 g/mol. The molecule has 0 bridgehead atoms. The highest BCUT2D eigenvalue weighted by molar-refractivity contribution is 7.11. The van der Waals surface area contributed by atoms with Gasteiger partial charge in [-0.3, -0.25) is 0 Å². The van der Waals surface area contributed by atoms with Crippen LogP contribution in [0.15, 0.2) is 12.1 Å². The van der Waals surface area contributed by atoms with Crippen LogP contribution in [0.1, 0.15) is 9.75 Å². The summed E-state index contributed by atoms with van der Waals surface area (Å²) in [5.41, 5.74) is 0. The van der Waals surface area contributed by atoms with E-state index in [2.05, 4.69) is 24.4 Å². The van der Waals surface area contributed by atoms with Crippen molar-refractivity contribution in [2.75, 3.05) is 13.2 Å². The van der Waals surface area contributed by atoms with Crippen molar-refractivity contribution in [3.05, 3.63) is 21.9 Å². The molecule has 0 unspecified atom stereocenters. The third kappa shape index (κ3) is 4.07. The number of aliphatic hydroxyl groups excluding tert-OH is 1. The van der Waals surface area contributed by atoms with E-state index in [0.717, 1.165) is 6.54 Å². The Morgan fingerprint density at radius 1 is 1.50 bits per heavy atom. The summed E-state index contributed by atoms with van der Waals surface area (Å²) in [6.07, 6.45) is 0. The van der Waals surface area contributed by atoms with E-state index < -0.39 is 0 Å². The van der Waals surface area contributed by atoms with Gasteiger partial charge in [0.1, 0.15) is 0 Å². The maximum absolute atomic E-state index is 8.49. The van der Waals surface area contributed by atoms with E-state index in [4.69, 9.17) is 5.11 Å². The highest BCUT2D eigenvalue weighted by Crippen LogP contribution is 2.13. The number of aryl methyl sites for hydroxylation is 1. The zero-order valence-corrected chi connectivity index (χ0v) is 8.58. The van der Waals surface area contributed by atoms with E-state index in [9.17, 15) is 0 Å². The largest absolute Gasteiger partial charge is 1.00 e. The summed E-state index contributed by atoms with van der Waals surface area (Å²) >= 11 is 1.79. The maximum Gasteiger partial charge on any atom is 0.0556 e. The lowest BCUT2D eigenvalue weighted by Crippen LogP contribution is -3.00. The molecular formula is C8H13ClNOS-. The number of nitrogens with one attached hydrogen (secondary N) is 1. The Morgan fingerprint density at radius 2 is 2.25 bits per heavy atom. The summed E-state index contributed by atoms with van der Waals surface area (Å²) in [5, 5.41) is 11.6. The zero-order chi connectivity index (χ0) is 8.10. The molecule has 0 spiro atoms. The molecule has 4 heteroatoms. The number of thiophene rings is 1. The third-order valence-corrected chi connectivity index (χ3v) is 2.38. The molecule has 0 aromatic carbocycles. The number of halogens is 1. The molecule has 2 nitrogen and oxygen atoms in total. The Kier molecular flexibility index (Phi) is 6.38. The molecule has 12 heavy (non-hydrogen) atoms. The van der Waals surface area contributed by atoms with Gasteiger partial charge in [0.05, 0.1) is 6.61 Å². The second-order valence-electron chi connectivity index (χ2n) is 2.41. The molecule has 1 rings (SSSR count). The fourth-order valence-electron chi connectivity index (χ4n) is 0.871. The molecule has 0 amide bonds. The Morgan fingerprint density at radius 3 is 2.75 bits per heavy atom. The fourth-order valence-corrected chi connectivity index (χ4v) is 1.73. The molecule has 0 aliphatic carbocycles. The SMILES string of the molecule is Cc1ccc(CNCCO)s1.[Cl-]. The van der Waals surface area contributed by atoms with Crippen LogP contribution in [-0.2, 0) is 6.54 Å². The molecule has 0 fully saturated rings. The van der Waals surface area contributed by atoms with Crippen LogP contribution in [0.2, 0.25) is 0 Å². The number of aliphatic hydroxyl groups is 1. The fraction of sp³-hybridized carbons (Fsp3) is 0.500. The number of hydrogen-bond donors (Lipinski definition) is 2. The van der Waals surface area contributed by atoms with Gasteiger partial charge in [0.15, 0.2) is 0 Å². The van der Waals surface area contributed by atoms with Crippen molar-refractivity contribution in [1.29, 1.82) is 0 Å². The van der Waals surface area contributed by atoms with Crippen molar-refractivity contribution in [1.82, 2.24) is 5.32 Å². The predicted molar refractivity (Wildman–Crippen MR) is 47.8 cm³/mol. The second-order valence-corrected chi connectivity index (χ2v) is 3.79. The zero-order valence-electron chi connectivity index (χ0n) is 7.01. The van der Waals surface area contributed by atoms with Crippen LogP contribution in [-0.4, -0.2) is 18.3 Å². The van der Waals surface area contributed by atoms with Crippen LogP contribution in [0.5, 0.6) is 0 Å². The van der Waals surface area contributed by atoms with E-state index >= 15 is 0 Å². The lowest BCUT2D eigenvalue weighted by molar-refractivity contribution is -0.00000335. The quantitative estimate of drug-likeness (QED) is 0.567. The predicted octanol–water partition coefficient (Wildman–Crippen LogP) is -1.86. The summed E-state index contributed by atoms with van der Waals surface area (Å²) in [6.45, 7) is 3.86. The summed E-state index contributed by atoms with van der Waals surface area (Å²) in [6, 6.07) is 4.23. The highest BCUT2D eigenvalue weighted by Gasteiger charge is 1.94. The molecule has 0 saturated heterocycles. The summed E-state index contributed by atoms with van der Waals surface area (Å²) in [7, 11) is 0. The minimum Gasteiger partial charge on any atom is -1.00 e. The van der Waals surface area contributed by atoms with E-state index in [-0.39, 0.29) is 19.0 Å². The van der Waals surface area contributed by atoms with Gasteiger partial charge < -0.3 is 22.8 Å². The highest BCUT2D eigenvalue weighted by atomic mass is 35.5. The van der Waals surface area contributed by atoms with Gasteiger partial charge in [-0.25, -0.2) is 0 Å². The van der Waals surface area contributed by atoms with Gasteiger partial charge in [-0.2, -0.15) is 0 Å². The molecule has 2 N–H and O–H groups in total. The minimum atomic E-state index is 0. The van der Waals surface area contributed by atoms with E-state index in [0.29, 0.717) is 6.54 Å². The molecule has 1 aromatic rings. The Labute approximate surface area is 83.0 Å². The molecule has 0 radical (unpaired) electrons. The van der Waals surface area contributed by atoms with E-state index in [1.165, 1.54) is 9.75 Å². The average molecular weight is 207 g/mol. The van der Waals surface area contributed by atoms with Crippen molar-refractivity contribution < 1.29 is 17.5 Å². The molecule has 70 valence electrons. The van der Waals surface area contributed by atoms with Gasteiger partial charge in [-0.15, -0.1) is 11.3 Å². The Bertz CT molecular complexity index is 215. The standard InChI is InChI=1S/C8H13NOS.ClH/c1-7-2-3-8(11-7)6-9-4-5-10;/h2-3,9-10H,4-6H2,1H3;1H/p-1. The van der Waals surface area contributed by atoms with Crippen molar-refractivity contribution >= 4 is 11.3 Å². The van der Waals surface area contributed by atoms with E-state index in [1.807, 2.05) is 0 Å². The molecule has 1 aromatic heterocycles.